The van der Waals surface area contributed by atoms with Gasteiger partial charge in [0.1, 0.15) is 5.56 Å². The molecule has 1 fully saturated rings. The summed E-state index contributed by atoms with van der Waals surface area (Å²) in [6.45, 7) is 2.63. The first-order chi connectivity index (χ1) is 12.2. The average Bonchev–Trinajstić information content (AvgIpc) is 2.67. The minimum absolute atomic E-state index is 0.105. The highest BCUT2D eigenvalue weighted by Gasteiger charge is 2.20. The zero-order valence-corrected chi connectivity index (χ0v) is 13.6. The summed E-state index contributed by atoms with van der Waals surface area (Å²) in [5.74, 6) is -0.493. The Hall–Kier alpha value is -2.99. The number of hydrogen-bond donors (Lipinski definition) is 1. The van der Waals surface area contributed by atoms with Crippen molar-refractivity contribution < 1.29 is 14.6 Å². The van der Waals surface area contributed by atoms with E-state index in [1.54, 1.807) is 0 Å². The number of carbonyl (C=O) groups is 1. The zero-order valence-electron chi connectivity index (χ0n) is 13.6. The number of fused-ring (bicyclic) bond motifs is 1. The van der Waals surface area contributed by atoms with Crippen LogP contribution in [0.4, 0.5) is 5.95 Å². The van der Waals surface area contributed by atoms with Crippen molar-refractivity contribution in [2.75, 3.05) is 31.2 Å². The highest BCUT2D eigenvalue weighted by atomic mass is 16.5. The van der Waals surface area contributed by atoms with Crippen molar-refractivity contribution in [1.82, 2.24) is 9.97 Å². The second-order valence-electron chi connectivity index (χ2n) is 5.86. The summed E-state index contributed by atoms with van der Waals surface area (Å²) < 4.78 is 5.36. The number of carboxylic acids is 1. The molecule has 2 heterocycles. The van der Waals surface area contributed by atoms with Crippen LogP contribution in [0.1, 0.15) is 10.4 Å². The number of benzene rings is 2. The number of anilines is 1. The summed E-state index contributed by atoms with van der Waals surface area (Å²) in [6, 6.07) is 13.7. The van der Waals surface area contributed by atoms with E-state index in [1.807, 2.05) is 47.4 Å². The molecule has 25 heavy (non-hydrogen) atoms. The van der Waals surface area contributed by atoms with Crippen LogP contribution in [0.2, 0.25) is 0 Å². The molecule has 0 saturated carbocycles. The van der Waals surface area contributed by atoms with Crippen molar-refractivity contribution in [3.63, 3.8) is 0 Å². The quantitative estimate of drug-likeness (QED) is 0.793. The molecule has 3 aromatic rings. The van der Waals surface area contributed by atoms with E-state index in [0.29, 0.717) is 37.9 Å². The fourth-order valence-corrected chi connectivity index (χ4v) is 3.08. The van der Waals surface area contributed by atoms with Crippen LogP contribution in [-0.4, -0.2) is 47.3 Å². The Kier molecular flexibility index (Phi) is 4.03. The molecule has 0 aliphatic carbocycles. The van der Waals surface area contributed by atoms with E-state index in [2.05, 4.69) is 9.97 Å². The Bertz CT molecular complexity index is 931. The van der Waals surface area contributed by atoms with E-state index in [-0.39, 0.29) is 5.56 Å². The molecule has 0 radical (unpaired) electrons. The maximum Gasteiger partial charge on any atom is 0.339 e. The van der Waals surface area contributed by atoms with Gasteiger partial charge in [0.2, 0.25) is 5.95 Å². The lowest BCUT2D eigenvalue weighted by molar-refractivity contribution is 0.0697. The smallest absolute Gasteiger partial charge is 0.339 e. The third kappa shape index (κ3) is 2.92. The van der Waals surface area contributed by atoms with Gasteiger partial charge in [-0.2, -0.15) is 0 Å². The van der Waals surface area contributed by atoms with Crippen molar-refractivity contribution in [3.8, 4) is 11.3 Å². The van der Waals surface area contributed by atoms with Gasteiger partial charge in [-0.15, -0.1) is 0 Å². The molecule has 4 rings (SSSR count). The van der Waals surface area contributed by atoms with E-state index >= 15 is 0 Å². The van der Waals surface area contributed by atoms with Gasteiger partial charge in [0, 0.05) is 24.8 Å². The van der Waals surface area contributed by atoms with Gasteiger partial charge in [-0.05, 0) is 10.8 Å². The third-order valence-corrected chi connectivity index (χ3v) is 4.35. The number of hydrogen-bond acceptors (Lipinski definition) is 5. The summed E-state index contributed by atoms with van der Waals surface area (Å²) >= 11 is 0. The van der Waals surface area contributed by atoms with Crippen LogP contribution >= 0.6 is 0 Å². The van der Waals surface area contributed by atoms with Gasteiger partial charge < -0.3 is 14.7 Å². The van der Waals surface area contributed by atoms with Gasteiger partial charge in [0.05, 0.1) is 18.9 Å². The second-order valence-corrected chi connectivity index (χ2v) is 5.86. The van der Waals surface area contributed by atoms with E-state index in [0.717, 1.165) is 16.3 Å². The Morgan fingerprint density at radius 3 is 2.64 bits per heavy atom. The van der Waals surface area contributed by atoms with Crippen molar-refractivity contribution in [1.29, 1.82) is 0 Å². The first kappa shape index (κ1) is 15.5. The largest absolute Gasteiger partial charge is 0.478 e. The number of carboxylic acid groups (broad SMARTS) is 1. The van der Waals surface area contributed by atoms with Crippen LogP contribution in [0.3, 0.4) is 0 Å². The van der Waals surface area contributed by atoms with Crippen molar-refractivity contribution in [2.45, 2.75) is 0 Å². The summed E-state index contributed by atoms with van der Waals surface area (Å²) in [5.41, 5.74) is 1.35. The molecule has 126 valence electrons. The molecule has 1 saturated heterocycles. The second kappa shape index (κ2) is 6.49. The van der Waals surface area contributed by atoms with Gasteiger partial charge in [-0.25, -0.2) is 14.8 Å². The lowest BCUT2D eigenvalue weighted by Gasteiger charge is -2.27. The number of aromatic nitrogens is 2. The SMILES string of the molecule is O=C(O)c1cnc(N2CCOCC2)nc1-c1cccc2ccccc12. The number of nitrogens with zero attached hydrogens (tertiary/aromatic N) is 3. The molecule has 6 nitrogen and oxygen atoms in total. The topological polar surface area (TPSA) is 75.5 Å². The Labute approximate surface area is 144 Å². The summed E-state index contributed by atoms with van der Waals surface area (Å²) in [4.78, 5) is 22.6. The summed E-state index contributed by atoms with van der Waals surface area (Å²) in [6.07, 6.45) is 1.40. The standard InChI is InChI=1S/C19H17N3O3/c23-18(24)16-12-20-19(22-8-10-25-11-9-22)21-17(16)15-7-3-5-13-4-1-2-6-14(13)15/h1-7,12H,8-11H2,(H,23,24). The third-order valence-electron chi connectivity index (χ3n) is 4.35. The molecule has 0 amide bonds. The molecule has 1 aliphatic heterocycles. The molecule has 0 atom stereocenters. The number of rotatable bonds is 3. The van der Waals surface area contributed by atoms with Gasteiger partial charge in [0.25, 0.3) is 0 Å². The molecule has 1 aliphatic rings. The van der Waals surface area contributed by atoms with Crippen LogP contribution in [0.25, 0.3) is 22.0 Å². The maximum absolute atomic E-state index is 11.7. The van der Waals surface area contributed by atoms with Crippen molar-refractivity contribution >= 4 is 22.7 Å². The van der Waals surface area contributed by atoms with Gasteiger partial charge in [-0.3, -0.25) is 0 Å². The normalized spacial score (nSPS) is 14.6. The number of ether oxygens (including phenoxy) is 1. The van der Waals surface area contributed by atoms with Gasteiger partial charge >= 0.3 is 5.97 Å². The average molecular weight is 335 g/mol. The van der Waals surface area contributed by atoms with Crippen LogP contribution in [0.15, 0.2) is 48.7 Å². The monoisotopic (exact) mass is 335 g/mol. The molecule has 6 heteroatoms. The van der Waals surface area contributed by atoms with Crippen molar-refractivity contribution in [2.24, 2.45) is 0 Å². The Balaban J connectivity index is 1.90. The highest BCUT2D eigenvalue weighted by Crippen LogP contribution is 2.30. The van der Waals surface area contributed by atoms with E-state index in [1.165, 1.54) is 6.20 Å². The van der Waals surface area contributed by atoms with Crippen LogP contribution < -0.4 is 4.90 Å². The van der Waals surface area contributed by atoms with E-state index in [9.17, 15) is 9.90 Å². The van der Waals surface area contributed by atoms with Gasteiger partial charge in [0.15, 0.2) is 0 Å². The van der Waals surface area contributed by atoms with Crippen LogP contribution in [-0.2, 0) is 4.74 Å². The first-order valence-corrected chi connectivity index (χ1v) is 8.15. The number of aromatic carboxylic acids is 1. The predicted molar refractivity (Wildman–Crippen MR) is 95.0 cm³/mol. The molecular weight excluding hydrogens is 318 g/mol. The predicted octanol–water partition coefficient (Wildman–Crippen LogP) is 2.83. The molecule has 0 bridgehead atoms. The van der Waals surface area contributed by atoms with E-state index in [4.69, 9.17) is 4.74 Å². The summed E-state index contributed by atoms with van der Waals surface area (Å²) in [7, 11) is 0. The summed E-state index contributed by atoms with van der Waals surface area (Å²) in [5, 5.41) is 11.6. The molecule has 1 aromatic heterocycles. The van der Waals surface area contributed by atoms with Crippen LogP contribution in [0.5, 0.6) is 0 Å². The molecule has 2 aromatic carbocycles. The fourth-order valence-electron chi connectivity index (χ4n) is 3.08. The van der Waals surface area contributed by atoms with Crippen molar-refractivity contribution in [3.05, 3.63) is 54.2 Å². The molecule has 1 N–H and O–H groups in total. The molecular formula is C19H17N3O3. The van der Waals surface area contributed by atoms with E-state index < -0.39 is 5.97 Å². The zero-order chi connectivity index (χ0) is 17.2. The molecule has 0 unspecified atom stereocenters. The minimum Gasteiger partial charge on any atom is -0.478 e. The maximum atomic E-state index is 11.7. The van der Waals surface area contributed by atoms with Gasteiger partial charge in [-0.1, -0.05) is 42.5 Å². The molecule has 0 spiro atoms. The first-order valence-electron chi connectivity index (χ1n) is 8.15. The highest BCUT2D eigenvalue weighted by molar-refractivity contribution is 6.02. The fraction of sp³-hybridized carbons (Fsp3) is 0.211. The Morgan fingerprint density at radius 2 is 1.84 bits per heavy atom. The lowest BCUT2D eigenvalue weighted by atomic mass is 9.99. The lowest BCUT2D eigenvalue weighted by Crippen LogP contribution is -2.37. The Morgan fingerprint density at radius 1 is 1.08 bits per heavy atom. The number of morpholine rings is 1. The van der Waals surface area contributed by atoms with Crippen LogP contribution in [0, 0.1) is 0 Å². The minimum atomic E-state index is -1.03.